The Morgan fingerprint density at radius 3 is 2.57 bits per heavy atom. The molecule has 0 atom stereocenters. The van der Waals surface area contributed by atoms with Gasteiger partial charge in [-0.1, -0.05) is 0 Å². The van der Waals surface area contributed by atoms with Gasteiger partial charge in [-0.3, -0.25) is 19.6 Å². The average molecular weight is 599 g/mol. The Bertz CT molecular complexity index is 1300. The Labute approximate surface area is 227 Å². The minimum absolute atomic E-state index is 0. The number of ether oxygens (including phenoxy) is 1. The summed E-state index contributed by atoms with van der Waals surface area (Å²) in [5, 5.41) is 6.15. The number of carbonyl (C=O) groups excluding carboxylic acids is 1. The Hall–Kier alpha value is -2.89. The van der Waals surface area contributed by atoms with E-state index in [0.29, 0.717) is 23.6 Å². The summed E-state index contributed by atoms with van der Waals surface area (Å²) in [6, 6.07) is 4.89. The second kappa shape index (κ2) is 13.1. The molecule has 0 spiro atoms. The van der Waals surface area contributed by atoms with Crippen LogP contribution >= 0.6 is 28.3 Å². The van der Waals surface area contributed by atoms with Crippen LogP contribution in [-0.2, 0) is 24.5 Å². The summed E-state index contributed by atoms with van der Waals surface area (Å²) in [5.74, 6) is -1.09. The molecule has 1 aliphatic heterocycles. The molecule has 1 fully saturated rings. The van der Waals surface area contributed by atoms with Gasteiger partial charge in [0.25, 0.3) is 5.56 Å². The molecule has 1 aromatic carbocycles. The molecule has 12 heteroatoms. The SMILES string of the molecule is Cc1cc(OCc2ccc(F)cc2F)c(Br)c(=O)n1Cc1cnc(CNC(=O)C2CCNCC2)cn1.Cl. The van der Waals surface area contributed by atoms with Crippen LogP contribution in [0.2, 0.25) is 0 Å². The highest BCUT2D eigenvalue weighted by Gasteiger charge is 2.20. The number of benzene rings is 1. The zero-order valence-corrected chi connectivity index (χ0v) is 22.5. The van der Waals surface area contributed by atoms with Gasteiger partial charge in [-0.15, -0.1) is 12.4 Å². The number of pyridine rings is 1. The van der Waals surface area contributed by atoms with Crippen LogP contribution in [0.3, 0.4) is 0 Å². The van der Waals surface area contributed by atoms with Crippen molar-refractivity contribution in [2.24, 2.45) is 5.92 Å². The van der Waals surface area contributed by atoms with E-state index < -0.39 is 11.6 Å². The molecule has 0 radical (unpaired) electrons. The van der Waals surface area contributed by atoms with E-state index in [1.165, 1.54) is 10.6 Å². The van der Waals surface area contributed by atoms with Gasteiger partial charge in [0.1, 0.15) is 28.5 Å². The number of hydrogen-bond donors (Lipinski definition) is 2. The Kier molecular flexibility index (Phi) is 10.1. The molecule has 1 aliphatic rings. The summed E-state index contributed by atoms with van der Waals surface area (Å²) in [6.07, 6.45) is 4.82. The maximum absolute atomic E-state index is 13.9. The van der Waals surface area contributed by atoms with Crippen LogP contribution in [0.15, 0.2) is 45.9 Å². The van der Waals surface area contributed by atoms with Crippen molar-refractivity contribution >= 4 is 34.2 Å². The van der Waals surface area contributed by atoms with E-state index in [1.807, 2.05) is 0 Å². The Balaban J connectivity index is 0.00000380. The molecule has 3 aromatic rings. The number of amides is 1. The number of aromatic nitrogens is 3. The van der Waals surface area contributed by atoms with Gasteiger partial charge in [-0.05, 0) is 60.9 Å². The smallest absolute Gasteiger partial charge is 0.269 e. The number of nitrogens with one attached hydrogen (secondary N) is 2. The third-order valence-corrected chi connectivity index (χ3v) is 6.78. The maximum Gasteiger partial charge on any atom is 0.269 e. The molecule has 1 amide bonds. The molecule has 2 N–H and O–H groups in total. The predicted octanol–water partition coefficient (Wildman–Crippen LogP) is 3.65. The lowest BCUT2D eigenvalue weighted by Gasteiger charge is -2.21. The molecular weight excluding hydrogens is 572 g/mol. The summed E-state index contributed by atoms with van der Waals surface area (Å²) in [4.78, 5) is 34.0. The molecule has 198 valence electrons. The van der Waals surface area contributed by atoms with Gasteiger partial charge >= 0.3 is 0 Å². The number of piperidine rings is 1. The third kappa shape index (κ3) is 7.33. The standard InChI is InChI=1S/C25H26BrF2N5O3.ClH/c1-15-8-22(36-14-17-2-3-18(27)9-21(17)28)23(26)25(35)33(15)13-20-12-30-19(10-31-20)11-32-24(34)16-4-6-29-7-5-16;/h2-3,8-10,12,16,29H,4-7,11,13-14H2,1H3,(H,32,34);1H. The second-order valence-electron chi connectivity index (χ2n) is 8.62. The van der Waals surface area contributed by atoms with Crippen LogP contribution in [0.5, 0.6) is 5.75 Å². The van der Waals surface area contributed by atoms with E-state index in [-0.39, 0.29) is 58.7 Å². The van der Waals surface area contributed by atoms with Crippen LogP contribution < -0.4 is 20.9 Å². The second-order valence-corrected chi connectivity index (χ2v) is 9.41. The van der Waals surface area contributed by atoms with Crippen LogP contribution in [0.4, 0.5) is 8.78 Å². The number of rotatable bonds is 8. The molecular formula is C25H27BrClF2N5O3. The van der Waals surface area contributed by atoms with Gasteiger partial charge in [-0.25, -0.2) is 8.78 Å². The molecule has 0 saturated carbocycles. The van der Waals surface area contributed by atoms with Crippen molar-refractivity contribution < 1.29 is 18.3 Å². The minimum atomic E-state index is -0.718. The fourth-order valence-corrected chi connectivity index (χ4v) is 4.38. The van der Waals surface area contributed by atoms with Gasteiger partial charge in [0, 0.05) is 29.3 Å². The molecule has 1 saturated heterocycles. The lowest BCUT2D eigenvalue weighted by atomic mass is 9.97. The van der Waals surface area contributed by atoms with Gasteiger partial charge in [0.15, 0.2) is 0 Å². The zero-order chi connectivity index (χ0) is 25.7. The van der Waals surface area contributed by atoms with E-state index in [1.54, 1.807) is 25.4 Å². The lowest BCUT2D eigenvalue weighted by Crippen LogP contribution is -2.38. The van der Waals surface area contributed by atoms with E-state index >= 15 is 0 Å². The number of carbonyl (C=O) groups is 1. The zero-order valence-electron chi connectivity index (χ0n) is 20.1. The Morgan fingerprint density at radius 1 is 1.19 bits per heavy atom. The van der Waals surface area contributed by atoms with Crippen molar-refractivity contribution in [3.05, 3.63) is 85.8 Å². The number of hydrogen-bond acceptors (Lipinski definition) is 6. The van der Waals surface area contributed by atoms with Gasteiger partial charge in [-0.2, -0.15) is 0 Å². The molecule has 8 nitrogen and oxygen atoms in total. The maximum atomic E-state index is 13.9. The predicted molar refractivity (Wildman–Crippen MR) is 140 cm³/mol. The molecule has 4 rings (SSSR count). The quantitative estimate of drug-likeness (QED) is 0.411. The van der Waals surface area contributed by atoms with Crippen molar-refractivity contribution in [1.29, 1.82) is 0 Å². The highest BCUT2D eigenvalue weighted by atomic mass is 79.9. The molecule has 0 aliphatic carbocycles. The van der Waals surface area contributed by atoms with Crippen molar-refractivity contribution in [2.75, 3.05) is 13.1 Å². The van der Waals surface area contributed by atoms with Gasteiger partial charge < -0.3 is 19.9 Å². The topological polar surface area (TPSA) is 98.1 Å². The first kappa shape index (κ1) is 28.7. The van der Waals surface area contributed by atoms with Crippen molar-refractivity contribution in [2.45, 2.75) is 39.5 Å². The molecule has 3 heterocycles. The highest BCUT2D eigenvalue weighted by Crippen LogP contribution is 2.24. The number of halogens is 4. The van der Waals surface area contributed by atoms with Crippen LogP contribution in [0.25, 0.3) is 0 Å². The van der Waals surface area contributed by atoms with E-state index in [9.17, 15) is 18.4 Å². The van der Waals surface area contributed by atoms with Crippen LogP contribution in [-0.4, -0.2) is 33.5 Å². The van der Waals surface area contributed by atoms with Gasteiger partial charge in [0.05, 0.1) is 36.9 Å². The first-order valence-electron chi connectivity index (χ1n) is 11.6. The molecule has 2 aromatic heterocycles. The van der Waals surface area contributed by atoms with Crippen LogP contribution in [0, 0.1) is 24.5 Å². The summed E-state index contributed by atoms with van der Waals surface area (Å²) in [7, 11) is 0. The molecule has 37 heavy (non-hydrogen) atoms. The number of aryl methyl sites for hydroxylation is 1. The summed E-state index contributed by atoms with van der Waals surface area (Å²) >= 11 is 3.27. The summed E-state index contributed by atoms with van der Waals surface area (Å²) < 4.78 is 34.3. The Morgan fingerprint density at radius 2 is 1.89 bits per heavy atom. The lowest BCUT2D eigenvalue weighted by molar-refractivity contribution is -0.125. The summed E-state index contributed by atoms with van der Waals surface area (Å²) in [6.45, 7) is 3.76. The first-order valence-corrected chi connectivity index (χ1v) is 12.4. The average Bonchev–Trinajstić information content (AvgIpc) is 2.88. The molecule has 0 unspecified atom stereocenters. The van der Waals surface area contributed by atoms with E-state index in [0.717, 1.165) is 38.1 Å². The van der Waals surface area contributed by atoms with Crippen molar-refractivity contribution in [3.8, 4) is 5.75 Å². The molecule has 0 bridgehead atoms. The van der Waals surface area contributed by atoms with Crippen LogP contribution in [0.1, 0.15) is 35.5 Å². The van der Waals surface area contributed by atoms with E-state index in [2.05, 4.69) is 36.5 Å². The fourth-order valence-electron chi connectivity index (χ4n) is 3.93. The highest BCUT2D eigenvalue weighted by molar-refractivity contribution is 9.10. The van der Waals surface area contributed by atoms with E-state index in [4.69, 9.17) is 4.74 Å². The summed E-state index contributed by atoms with van der Waals surface area (Å²) in [5.41, 5.74) is 1.64. The minimum Gasteiger partial charge on any atom is -0.487 e. The fraction of sp³-hybridized carbons (Fsp3) is 0.360. The third-order valence-electron chi connectivity index (χ3n) is 6.05. The van der Waals surface area contributed by atoms with Gasteiger partial charge in [0.2, 0.25) is 5.91 Å². The first-order chi connectivity index (χ1) is 17.3. The largest absolute Gasteiger partial charge is 0.487 e. The van der Waals surface area contributed by atoms with Crippen molar-refractivity contribution in [3.63, 3.8) is 0 Å². The monoisotopic (exact) mass is 597 g/mol. The van der Waals surface area contributed by atoms with Crippen molar-refractivity contribution in [1.82, 2.24) is 25.2 Å². The number of nitrogens with zero attached hydrogens (tertiary/aromatic N) is 3. The normalized spacial score (nSPS) is 13.6.